The molecule has 2 aliphatic carbocycles. The lowest BCUT2D eigenvalue weighted by molar-refractivity contribution is -0.119. The summed E-state index contributed by atoms with van der Waals surface area (Å²) in [5.41, 5.74) is 3.45. The maximum atomic E-state index is 14.2. The van der Waals surface area contributed by atoms with Gasteiger partial charge in [-0.2, -0.15) is 5.10 Å². The Morgan fingerprint density at radius 3 is 2.90 bits per heavy atom. The molecule has 1 fully saturated rings. The van der Waals surface area contributed by atoms with Crippen LogP contribution in [0.5, 0.6) is 5.75 Å². The summed E-state index contributed by atoms with van der Waals surface area (Å²) in [5, 5.41) is 4.92. The molecule has 2 bridgehead atoms. The maximum Gasteiger partial charge on any atom is 0.286 e. The molecular weight excluding hydrogens is 674 g/mol. The van der Waals surface area contributed by atoms with E-state index in [1.165, 1.54) is 11.1 Å². The van der Waals surface area contributed by atoms with Crippen molar-refractivity contribution in [2.75, 3.05) is 37.5 Å². The third-order valence-corrected chi connectivity index (χ3v) is 13.0. The Balaban J connectivity index is 1.22. The van der Waals surface area contributed by atoms with E-state index in [1.807, 2.05) is 30.5 Å². The van der Waals surface area contributed by atoms with Gasteiger partial charge in [0, 0.05) is 61.6 Å². The van der Waals surface area contributed by atoms with Crippen molar-refractivity contribution in [3.05, 3.63) is 88.7 Å². The average molecular weight is 720 g/mol. The highest BCUT2D eigenvalue weighted by molar-refractivity contribution is 7.92. The molecule has 2 amide bonds. The minimum atomic E-state index is -3.39. The van der Waals surface area contributed by atoms with Gasteiger partial charge in [-0.25, -0.2) is 4.21 Å². The Morgan fingerprint density at radius 2 is 2.10 bits per heavy atom. The second kappa shape index (κ2) is 14.9. The molecule has 4 aliphatic rings. The van der Waals surface area contributed by atoms with Crippen molar-refractivity contribution in [1.82, 2.24) is 14.5 Å². The van der Waals surface area contributed by atoms with Crippen molar-refractivity contribution < 1.29 is 23.3 Å². The number of hydrogen-bond donors (Lipinski definition) is 1. The van der Waals surface area contributed by atoms with E-state index < -0.39 is 21.7 Å². The van der Waals surface area contributed by atoms with E-state index in [4.69, 9.17) is 21.1 Å². The number of fused-ring (bicyclic) bond motifs is 4. The first kappa shape index (κ1) is 34.8. The van der Waals surface area contributed by atoms with Gasteiger partial charge in [-0.1, -0.05) is 29.8 Å². The summed E-state index contributed by atoms with van der Waals surface area (Å²) >= 11 is 6.45. The first-order valence-electron chi connectivity index (χ1n) is 17.8. The second-order valence-corrected chi connectivity index (χ2v) is 16.7. The van der Waals surface area contributed by atoms with E-state index in [0.717, 1.165) is 55.9 Å². The van der Waals surface area contributed by atoms with E-state index in [0.29, 0.717) is 55.6 Å². The van der Waals surface area contributed by atoms with E-state index in [1.54, 1.807) is 24.1 Å². The van der Waals surface area contributed by atoms with Crippen molar-refractivity contribution in [2.24, 2.45) is 16.2 Å². The van der Waals surface area contributed by atoms with Gasteiger partial charge in [0.2, 0.25) is 5.91 Å². The molecule has 266 valence electrons. The molecule has 10 nitrogen and oxygen atoms in total. The largest absolute Gasteiger partial charge is 0.490 e. The van der Waals surface area contributed by atoms with Crippen molar-refractivity contribution in [1.29, 1.82) is 0 Å². The van der Waals surface area contributed by atoms with Gasteiger partial charge < -0.3 is 14.4 Å². The van der Waals surface area contributed by atoms with E-state index in [-0.39, 0.29) is 23.7 Å². The fourth-order valence-electron chi connectivity index (χ4n) is 8.18. The summed E-state index contributed by atoms with van der Waals surface area (Å²) in [4.78, 5) is 29.3. The molecule has 1 N–H and O–H groups in total. The smallest absolute Gasteiger partial charge is 0.286 e. The van der Waals surface area contributed by atoms with Crippen LogP contribution in [0.2, 0.25) is 5.02 Å². The van der Waals surface area contributed by atoms with Gasteiger partial charge >= 0.3 is 0 Å². The van der Waals surface area contributed by atoms with Crippen LogP contribution in [-0.4, -0.2) is 64.5 Å². The monoisotopic (exact) mass is 719 g/mol. The zero-order chi connectivity index (χ0) is 34.7. The third kappa shape index (κ3) is 7.50. The zero-order valence-corrected chi connectivity index (χ0v) is 30.2. The van der Waals surface area contributed by atoms with Crippen LogP contribution in [0.1, 0.15) is 72.9 Å². The minimum Gasteiger partial charge on any atom is -0.490 e. The van der Waals surface area contributed by atoms with Crippen LogP contribution in [0, 0.1) is 11.8 Å². The molecule has 1 saturated carbocycles. The molecule has 5 atom stereocenters. The number of carbonyl (C=O) groups excluding carboxylic acids is 2. The number of halogens is 1. The number of hydrogen-bond acceptors (Lipinski definition) is 7. The SMILES string of the molecule is CO[C@H]1/C=C/CCC[S@@](=O)(NC(=O)CCCn2cccn2)=NC(=O)c2ccc3c(c2)N(C[C@@H]2CC[C@H]21)C[C@@]1(CCCc2cc(Cl)ccc21)CO3. The molecular formula is C38H46ClN5O5S. The van der Waals surface area contributed by atoms with Crippen LogP contribution in [-0.2, 0) is 37.8 Å². The molecule has 12 heteroatoms. The highest BCUT2D eigenvalue weighted by Crippen LogP contribution is 2.47. The van der Waals surface area contributed by atoms with Crippen LogP contribution in [0.4, 0.5) is 5.69 Å². The fourth-order valence-corrected chi connectivity index (χ4v) is 10.00. The van der Waals surface area contributed by atoms with Gasteiger partial charge in [-0.05, 0) is 111 Å². The number of amides is 2. The van der Waals surface area contributed by atoms with Gasteiger partial charge in [-0.3, -0.25) is 19.0 Å². The third-order valence-electron chi connectivity index (χ3n) is 10.9. The summed E-state index contributed by atoms with van der Waals surface area (Å²) in [6.45, 7) is 2.59. The predicted molar refractivity (Wildman–Crippen MR) is 195 cm³/mol. The van der Waals surface area contributed by atoms with E-state index >= 15 is 0 Å². The molecule has 0 saturated heterocycles. The first-order chi connectivity index (χ1) is 24.2. The number of rotatable bonds is 6. The number of aryl methyl sites for hydroxylation is 2. The fraction of sp³-hybridized carbons (Fsp3) is 0.500. The van der Waals surface area contributed by atoms with Gasteiger partial charge in [0.15, 0.2) is 0 Å². The number of aromatic nitrogens is 2. The van der Waals surface area contributed by atoms with Crippen LogP contribution >= 0.6 is 11.6 Å². The lowest BCUT2D eigenvalue weighted by Gasteiger charge is -2.46. The lowest BCUT2D eigenvalue weighted by Crippen LogP contribution is -2.49. The highest BCUT2D eigenvalue weighted by Gasteiger charge is 2.44. The molecule has 2 aliphatic heterocycles. The number of anilines is 1. The average Bonchev–Trinajstić information content (AvgIpc) is 3.55. The Hall–Kier alpha value is -3.67. The number of carbonyl (C=O) groups is 2. The zero-order valence-electron chi connectivity index (χ0n) is 28.6. The first-order valence-corrected chi connectivity index (χ1v) is 19.9. The highest BCUT2D eigenvalue weighted by atomic mass is 35.5. The lowest BCUT2D eigenvalue weighted by atomic mass is 9.68. The molecule has 1 spiro atoms. The van der Waals surface area contributed by atoms with E-state index in [2.05, 4.69) is 43.4 Å². The summed E-state index contributed by atoms with van der Waals surface area (Å²) in [5.74, 6) is 0.514. The molecule has 3 aromatic rings. The quantitative estimate of drug-likeness (QED) is 0.289. The number of methoxy groups -OCH3 is 1. The molecule has 3 heterocycles. The van der Waals surface area contributed by atoms with Gasteiger partial charge in [0.25, 0.3) is 5.91 Å². The Labute approximate surface area is 299 Å². The van der Waals surface area contributed by atoms with Crippen LogP contribution in [0.3, 0.4) is 0 Å². The molecule has 0 radical (unpaired) electrons. The summed E-state index contributed by atoms with van der Waals surface area (Å²) < 4.78 is 35.5. The van der Waals surface area contributed by atoms with Crippen LogP contribution < -0.4 is 14.4 Å². The molecule has 50 heavy (non-hydrogen) atoms. The normalized spacial score (nSPS) is 28.6. The van der Waals surface area contributed by atoms with Gasteiger partial charge in [0.05, 0.1) is 24.2 Å². The summed E-state index contributed by atoms with van der Waals surface area (Å²) in [6.07, 6.45) is 14.6. The molecule has 1 aromatic heterocycles. The van der Waals surface area contributed by atoms with E-state index in [9.17, 15) is 13.8 Å². The second-order valence-electron chi connectivity index (χ2n) is 14.2. The van der Waals surface area contributed by atoms with Crippen molar-refractivity contribution in [2.45, 2.75) is 75.9 Å². The minimum absolute atomic E-state index is 0.0349. The number of ether oxygens (including phenoxy) is 2. The van der Waals surface area contributed by atoms with Crippen molar-refractivity contribution in [3.8, 4) is 5.75 Å². The predicted octanol–water partition coefficient (Wildman–Crippen LogP) is 6.52. The number of nitrogens with one attached hydrogen (secondary N) is 1. The van der Waals surface area contributed by atoms with Crippen molar-refractivity contribution in [3.63, 3.8) is 0 Å². The summed E-state index contributed by atoms with van der Waals surface area (Å²) in [7, 11) is -1.63. The van der Waals surface area contributed by atoms with Gasteiger partial charge in [0.1, 0.15) is 15.7 Å². The maximum absolute atomic E-state index is 14.2. The number of allylic oxidation sites excluding steroid dienone is 1. The van der Waals surface area contributed by atoms with Crippen LogP contribution in [0.15, 0.2) is 71.4 Å². The molecule has 2 aromatic carbocycles. The summed E-state index contributed by atoms with van der Waals surface area (Å²) in [6, 6.07) is 13.4. The Morgan fingerprint density at radius 1 is 1.20 bits per heavy atom. The topological polar surface area (TPSA) is 115 Å². The standard InChI is InChI=1S/C38H46ClN5O5S/c1-48-34-9-3-2-4-21-50(47,41-36(45)10-6-19-44-20-7-18-40-44)42-37(46)28-12-16-35-33(23-28)43(24-29-11-14-31(29)34)25-38(26-49-35)17-5-8-27-22-30(39)13-15-32(27)38/h3,7,9,12-13,15-16,18,20,22-23,29,31,34H,2,4-6,8,10-11,14,17,19,21,24-26H2,1H3,(H,41,42,45,46,47)/b9-3+/t29-,31+,34-,38-,50+/m0/s1. The molecule has 7 rings (SSSR count). The molecule has 0 unspecified atom stereocenters. The number of nitrogens with zero attached hydrogens (tertiary/aromatic N) is 4. The Kier molecular flexibility index (Phi) is 10.4. The van der Waals surface area contributed by atoms with Crippen molar-refractivity contribution >= 4 is 39.0 Å². The van der Waals surface area contributed by atoms with Crippen LogP contribution in [0.25, 0.3) is 0 Å². The van der Waals surface area contributed by atoms with Gasteiger partial charge in [-0.15, -0.1) is 4.36 Å². The Bertz CT molecular complexity index is 1870. The number of benzene rings is 2.